The number of rotatable bonds is 5. The van der Waals surface area contributed by atoms with Crippen LogP contribution in [0.2, 0.25) is 5.02 Å². The van der Waals surface area contributed by atoms with Crippen LogP contribution in [0.4, 0.5) is 5.69 Å². The monoisotopic (exact) mass is 226 g/mol. The Morgan fingerprint density at radius 1 is 1.53 bits per heavy atom. The average Bonchev–Trinajstić information content (AvgIpc) is 2.21. The molecule has 0 amide bonds. The smallest absolute Gasteiger partial charge is 0.137 e. The van der Waals surface area contributed by atoms with Crippen molar-refractivity contribution >= 4 is 23.1 Å². The van der Waals surface area contributed by atoms with Crippen molar-refractivity contribution in [2.24, 2.45) is 5.84 Å². The highest BCUT2D eigenvalue weighted by Gasteiger charge is 2.07. The van der Waals surface area contributed by atoms with Crippen molar-refractivity contribution in [1.82, 2.24) is 0 Å². The van der Waals surface area contributed by atoms with Crippen LogP contribution in [-0.4, -0.2) is 5.78 Å². The molecule has 1 aromatic rings. The molecule has 15 heavy (non-hydrogen) atoms. The van der Waals surface area contributed by atoms with Gasteiger partial charge in [-0.2, -0.15) is 0 Å². The molecule has 3 N–H and O–H groups in total. The molecule has 0 aliphatic rings. The molecule has 1 aromatic carbocycles. The van der Waals surface area contributed by atoms with E-state index >= 15 is 0 Å². The molecule has 4 heteroatoms. The SMILES string of the molecule is CCCC(=O)Cc1ccc(Cl)cc1NN. The van der Waals surface area contributed by atoms with Crippen molar-refractivity contribution in [2.45, 2.75) is 26.2 Å². The summed E-state index contributed by atoms with van der Waals surface area (Å²) < 4.78 is 0. The second-order valence-electron chi connectivity index (χ2n) is 3.41. The normalized spacial score (nSPS) is 10.1. The molecule has 0 aliphatic heterocycles. The van der Waals surface area contributed by atoms with Crippen molar-refractivity contribution in [3.05, 3.63) is 28.8 Å². The summed E-state index contributed by atoms with van der Waals surface area (Å²) in [4.78, 5) is 11.5. The number of anilines is 1. The Morgan fingerprint density at radius 3 is 2.87 bits per heavy atom. The van der Waals surface area contributed by atoms with Gasteiger partial charge >= 0.3 is 0 Å². The fraction of sp³-hybridized carbons (Fsp3) is 0.364. The van der Waals surface area contributed by atoms with Crippen LogP contribution in [0.3, 0.4) is 0 Å². The van der Waals surface area contributed by atoms with Gasteiger partial charge in [0.15, 0.2) is 0 Å². The largest absolute Gasteiger partial charge is 0.324 e. The highest BCUT2D eigenvalue weighted by molar-refractivity contribution is 6.30. The van der Waals surface area contributed by atoms with E-state index in [1.165, 1.54) is 0 Å². The van der Waals surface area contributed by atoms with E-state index in [9.17, 15) is 4.79 Å². The lowest BCUT2D eigenvalue weighted by atomic mass is 10.0. The van der Waals surface area contributed by atoms with Gasteiger partial charge in [-0.3, -0.25) is 10.6 Å². The first kappa shape index (κ1) is 12.0. The maximum atomic E-state index is 11.5. The zero-order valence-corrected chi connectivity index (χ0v) is 9.47. The number of carbonyl (C=O) groups excluding carboxylic acids is 1. The quantitative estimate of drug-likeness (QED) is 0.599. The lowest BCUT2D eigenvalue weighted by molar-refractivity contribution is -0.118. The third-order valence-electron chi connectivity index (χ3n) is 2.14. The van der Waals surface area contributed by atoms with Crippen LogP contribution >= 0.6 is 11.6 Å². The number of carbonyl (C=O) groups is 1. The van der Waals surface area contributed by atoms with Gasteiger partial charge in [0, 0.05) is 17.9 Å². The number of hydrazine groups is 1. The van der Waals surface area contributed by atoms with Crippen molar-refractivity contribution in [2.75, 3.05) is 5.43 Å². The molecule has 0 bridgehead atoms. The Bertz CT molecular complexity index is 352. The molecular weight excluding hydrogens is 212 g/mol. The van der Waals surface area contributed by atoms with Crippen LogP contribution in [0.5, 0.6) is 0 Å². The summed E-state index contributed by atoms with van der Waals surface area (Å²) >= 11 is 5.81. The number of hydrogen-bond donors (Lipinski definition) is 2. The summed E-state index contributed by atoms with van der Waals surface area (Å²) in [6, 6.07) is 5.30. The fourth-order valence-corrected chi connectivity index (χ4v) is 1.59. The van der Waals surface area contributed by atoms with E-state index in [-0.39, 0.29) is 5.78 Å². The molecule has 82 valence electrons. The van der Waals surface area contributed by atoms with E-state index in [0.717, 1.165) is 12.0 Å². The minimum Gasteiger partial charge on any atom is -0.324 e. The summed E-state index contributed by atoms with van der Waals surface area (Å²) in [6.45, 7) is 1.99. The summed E-state index contributed by atoms with van der Waals surface area (Å²) in [7, 11) is 0. The van der Waals surface area contributed by atoms with Crippen molar-refractivity contribution < 1.29 is 4.79 Å². The van der Waals surface area contributed by atoms with Crippen molar-refractivity contribution in [3.8, 4) is 0 Å². The topological polar surface area (TPSA) is 55.1 Å². The summed E-state index contributed by atoms with van der Waals surface area (Å²) in [5.74, 6) is 5.57. The number of nitrogens with one attached hydrogen (secondary N) is 1. The first-order valence-corrected chi connectivity index (χ1v) is 5.32. The fourth-order valence-electron chi connectivity index (χ4n) is 1.42. The lowest BCUT2D eigenvalue weighted by Crippen LogP contribution is -2.11. The second kappa shape index (κ2) is 5.73. The van der Waals surface area contributed by atoms with Gasteiger partial charge in [0.25, 0.3) is 0 Å². The Labute approximate surface area is 94.6 Å². The number of nitrogen functional groups attached to an aromatic ring is 1. The Balaban J connectivity index is 2.80. The molecule has 3 nitrogen and oxygen atoms in total. The van der Waals surface area contributed by atoms with Crippen LogP contribution in [0.15, 0.2) is 18.2 Å². The maximum absolute atomic E-state index is 11.5. The molecule has 0 aliphatic carbocycles. The van der Waals surface area contributed by atoms with Crippen LogP contribution in [0.1, 0.15) is 25.3 Å². The van der Waals surface area contributed by atoms with Crippen LogP contribution in [0, 0.1) is 0 Å². The van der Waals surface area contributed by atoms with Gasteiger partial charge in [-0.05, 0) is 24.1 Å². The minimum atomic E-state index is 0.219. The van der Waals surface area contributed by atoms with Crippen LogP contribution in [-0.2, 0) is 11.2 Å². The van der Waals surface area contributed by atoms with Crippen molar-refractivity contribution in [1.29, 1.82) is 0 Å². The Hall–Kier alpha value is -1.06. The predicted octanol–water partition coefficient (Wildman–Crippen LogP) is 2.54. The third kappa shape index (κ3) is 3.53. The number of ketones is 1. The van der Waals surface area contributed by atoms with Gasteiger partial charge in [-0.1, -0.05) is 24.6 Å². The predicted molar refractivity (Wildman–Crippen MR) is 62.9 cm³/mol. The lowest BCUT2D eigenvalue weighted by Gasteiger charge is -2.08. The van der Waals surface area contributed by atoms with Gasteiger partial charge < -0.3 is 5.43 Å². The molecule has 0 heterocycles. The summed E-state index contributed by atoms with van der Waals surface area (Å²) in [6.07, 6.45) is 1.88. The standard InChI is InChI=1S/C11H15ClN2O/c1-2-3-10(15)6-8-4-5-9(12)7-11(8)14-13/h4-5,7,14H,2-3,6,13H2,1H3. The average molecular weight is 227 g/mol. The van der Waals surface area contributed by atoms with Gasteiger partial charge in [-0.15, -0.1) is 0 Å². The van der Waals surface area contributed by atoms with E-state index in [2.05, 4.69) is 5.43 Å². The molecule has 0 spiro atoms. The Morgan fingerprint density at radius 2 is 2.27 bits per heavy atom. The molecule has 0 unspecified atom stereocenters. The van der Waals surface area contributed by atoms with Crippen LogP contribution in [0.25, 0.3) is 0 Å². The number of benzene rings is 1. The first-order chi connectivity index (χ1) is 7.17. The number of hydrogen-bond acceptors (Lipinski definition) is 3. The van der Waals surface area contributed by atoms with E-state index in [1.807, 2.05) is 13.0 Å². The molecule has 0 aromatic heterocycles. The zero-order chi connectivity index (χ0) is 11.3. The van der Waals surface area contributed by atoms with Gasteiger partial charge in [0.2, 0.25) is 0 Å². The highest BCUT2D eigenvalue weighted by atomic mass is 35.5. The number of halogens is 1. The van der Waals surface area contributed by atoms with Crippen molar-refractivity contribution in [3.63, 3.8) is 0 Å². The van der Waals surface area contributed by atoms with E-state index in [0.29, 0.717) is 23.6 Å². The number of Topliss-reactive ketones (excluding diaryl/α,β-unsaturated/α-hetero) is 1. The summed E-state index contributed by atoms with van der Waals surface area (Å²) in [5.41, 5.74) is 4.15. The van der Waals surface area contributed by atoms with Gasteiger partial charge in [-0.25, -0.2) is 0 Å². The van der Waals surface area contributed by atoms with Gasteiger partial charge in [0.1, 0.15) is 5.78 Å². The highest BCUT2D eigenvalue weighted by Crippen LogP contribution is 2.21. The molecule has 0 radical (unpaired) electrons. The third-order valence-corrected chi connectivity index (χ3v) is 2.38. The Kier molecular flexibility index (Phi) is 4.59. The number of nitrogens with two attached hydrogens (primary N) is 1. The van der Waals surface area contributed by atoms with E-state index in [1.54, 1.807) is 12.1 Å². The van der Waals surface area contributed by atoms with E-state index < -0.39 is 0 Å². The molecule has 1 rings (SSSR count). The summed E-state index contributed by atoms with van der Waals surface area (Å²) in [5, 5.41) is 0.606. The van der Waals surface area contributed by atoms with E-state index in [4.69, 9.17) is 17.4 Å². The van der Waals surface area contributed by atoms with Gasteiger partial charge in [0.05, 0.1) is 5.69 Å². The molecular formula is C11H15ClN2O. The molecule has 0 saturated heterocycles. The minimum absolute atomic E-state index is 0.219. The molecule has 0 atom stereocenters. The second-order valence-corrected chi connectivity index (χ2v) is 3.85. The first-order valence-electron chi connectivity index (χ1n) is 4.94. The van der Waals surface area contributed by atoms with Crippen LogP contribution < -0.4 is 11.3 Å². The maximum Gasteiger partial charge on any atom is 0.137 e. The zero-order valence-electron chi connectivity index (χ0n) is 8.72. The molecule has 0 fully saturated rings. The molecule has 0 saturated carbocycles.